The van der Waals surface area contributed by atoms with E-state index in [1.54, 1.807) is 7.11 Å². The van der Waals surface area contributed by atoms with Crippen LogP contribution in [0, 0.1) is 5.92 Å². The Morgan fingerprint density at radius 3 is 2.93 bits per heavy atom. The highest BCUT2D eigenvalue weighted by molar-refractivity contribution is 6.18. The Kier molecular flexibility index (Phi) is 6.52. The lowest BCUT2D eigenvalue weighted by Crippen LogP contribution is -2.34. The first-order valence-electron chi connectivity index (χ1n) is 5.21. The van der Waals surface area contributed by atoms with Gasteiger partial charge in [-0.25, -0.2) is 0 Å². The van der Waals surface area contributed by atoms with Gasteiger partial charge in [0, 0.05) is 39.2 Å². The van der Waals surface area contributed by atoms with E-state index in [0.29, 0.717) is 11.8 Å². The average Bonchev–Trinajstić information content (AvgIpc) is 2.67. The monoisotopic (exact) mass is 221 g/mol. The first kappa shape index (κ1) is 12.2. The molecule has 14 heavy (non-hydrogen) atoms. The predicted molar refractivity (Wildman–Crippen MR) is 58.0 cm³/mol. The van der Waals surface area contributed by atoms with E-state index in [-0.39, 0.29) is 0 Å². The molecule has 1 atom stereocenters. The van der Waals surface area contributed by atoms with Crippen LogP contribution in [0.5, 0.6) is 0 Å². The number of nitrogens with zero attached hydrogens (tertiary/aromatic N) is 1. The summed E-state index contributed by atoms with van der Waals surface area (Å²) in [5, 5.41) is 0. The van der Waals surface area contributed by atoms with Crippen molar-refractivity contribution in [3.63, 3.8) is 0 Å². The van der Waals surface area contributed by atoms with Gasteiger partial charge in [0.05, 0.1) is 13.2 Å². The summed E-state index contributed by atoms with van der Waals surface area (Å²) < 4.78 is 10.4. The molecule has 1 saturated heterocycles. The Hall–Kier alpha value is 0.170. The maximum atomic E-state index is 5.75. The molecule has 3 nitrogen and oxygen atoms in total. The fraction of sp³-hybridized carbons (Fsp3) is 1.00. The molecule has 0 aromatic carbocycles. The van der Waals surface area contributed by atoms with Crippen molar-refractivity contribution in [1.82, 2.24) is 4.90 Å². The highest BCUT2D eigenvalue weighted by atomic mass is 35.5. The fourth-order valence-corrected chi connectivity index (χ4v) is 1.97. The summed E-state index contributed by atoms with van der Waals surface area (Å²) in [7, 11) is 1.73. The van der Waals surface area contributed by atoms with E-state index in [2.05, 4.69) is 4.90 Å². The molecule has 0 N–H and O–H groups in total. The van der Waals surface area contributed by atoms with E-state index in [4.69, 9.17) is 21.1 Å². The molecule has 1 fully saturated rings. The van der Waals surface area contributed by atoms with Gasteiger partial charge in [-0.3, -0.25) is 4.90 Å². The lowest BCUT2D eigenvalue weighted by atomic mass is 10.1. The second-order valence-corrected chi connectivity index (χ2v) is 4.09. The van der Waals surface area contributed by atoms with E-state index >= 15 is 0 Å². The second kappa shape index (κ2) is 7.46. The van der Waals surface area contributed by atoms with Crippen molar-refractivity contribution in [2.24, 2.45) is 5.92 Å². The van der Waals surface area contributed by atoms with Crippen molar-refractivity contribution in [1.29, 1.82) is 0 Å². The molecule has 1 aliphatic rings. The van der Waals surface area contributed by atoms with Crippen LogP contribution in [-0.2, 0) is 9.47 Å². The predicted octanol–water partition coefficient (Wildman–Crippen LogP) is 1.21. The Balaban J connectivity index is 2.18. The van der Waals surface area contributed by atoms with Gasteiger partial charge in [-0.05, 0) is 12.3 Å². The molecule has 1 rings (SSSR count). The Bertz CT molecular complexity index is 140. The molecule has 0 aromatic heterocycles. The molecule has 0 aliphatic carbocycles. The molecule has 0 bridgehead atoms. The summed E-state index contributed by atoms with van der Waals surface area (Å²) in [6.07, 6.45) is 1.19. The van der Waals surface area contributed by atoms with Crippen molar-refractivity contribution in [2.45, 2.75) is 6.42 Å². The molecule has 84 valence electrons. The van der Waals surface area contributed by atoms with Gasteiger partial charge in [0.1, 0.15) is 0 Å². The van der Waals surface area contributed by atoms with Crippen LogP contribution in [0.3, 0.4) is 0 Å². The van der Waals surface area contributed by atoms with Gasteiger partial charge in [-0.1, -0.05) is 0 Å². The van der Waals surface area contributed by atoms with Crippen molar-refractivity contribution in [3.8, 4) is 0 Å². The largest absolute Gasteiger partial charge is 0.383 e. The third-order valence-electron chi connectivity index (χ3n) is 2.55. The average molecular weight is 222 g/mol. The van der Waals surface area contributed by atoms with E-state index in [1.807, 2.05) is 0 Å². The number of ether oxygens (including phenoxy) is 2. The number of alkyl halides is 1. The first-order chi connectivity index (χ1) is 6.86. The molecular weight excluding hydrogens is 202 g/mol. The van der Waals surface area contributed by atoms with E-state index < -0.39 is 0 Å². The quantitative estimate of drug-likeness (QED) is 0.604. The van der Waals surface area contributed by atoms with E-state index in [9.17, 15) is 0 Å². The Morgan fingerprint density at radius 2 is 2.36 bits per heavy atom. The van der Waals surface area contributed by atoms with Crippen molar-refractivity contribution in [2.75, 3.05) is 52.4 Å². The van der Waals surface area contributed by atoms with Crippen LogP contribution in [0.2, 0.25) is 0 Å². The zero-order chi connectivity index (χ0) is 10.2. The van der Waals surface area contributed by atoms with Gasteiger partial charge < -0.3 is 9.47 Å². The minimum atomic E-state index is 0.690. The molecule has 0 aromatic rings. The van der Waals surface area contributed by atoms with Gasteiger partial charge in [0.15, 0.2) is 0 Å². The smallest absolute Gasteiger partial charge is 0.0589 e. The summed E-state index contributed by atoms with van der Waals surface area (Å²) in [4.78, 5) is 2.36. The summed E-state index contributed by atoms with van der Waals surface area (Å²) >= 11 is 5.75. The lowest BCUT2D eigenvalue weighted by molar-refractivity contribution is 0.132. The standard InChI is InChI=1S/C10H20ClNO2/c1-13-7-5-12(4-3-11)8-10-2-6-14-9-10/h10H,2-9H2,1H3. The molecule has 1 unspecified atom stereocenters. The third-order valence-corrected chi connectivity index (χ3v) is 2.72. The van der Waals surface area contributed by atoms with Crippen LogP contribution < -0.4 is 0 Å². The van der Waals surface area contributed by atoms with Crippen LogP contribution >= 0.6 is 11.6 Å². The summed E-state index contributed by atoms with van der Waals surface area (Å²) in [6, 6.07) is 0. The van der Waals surface area contributed by atoms with E-state index in [0.717, 1.165) is 39.5 Å². The Morgan fingerprint density at radius 1 is 1.50 bits per heavy atom. The Labute approximate surface area is 91.3 Å². The number of halogens is 1. The molecule has 1 heterocycles. The van der Waals surface area contributed by atoms with Gasteiger partial charge in [-0.15, -0.1) is 11.6 Å². The van der Waals surface area contributed by atoms with Crippen molar-refractivity contribution in [3.05, 3.63) is 0 Å². The molecule has 0 radical (unpaired) electrons. The van der Waals surface area contributed by atoms with Gasteiger partial charge in [0.2, 0.25) is 0 Å². The zero-order valence-corrected chi connectivity index (χ0v) is 9.63. The maximum Gasteiger partial charge on any atom is 0.0589 e. The van der Waals surface area contributed by atoms with Gasteiger partial charge >= 0.3 is 0 Å². The van der Waals surface area contributed by atoms with Crippen LogP contribution in [0.4, 0.5) is 0 Å². The molecule has 0 amide bonds. The van der Waals surface area contributed by atoms with Crippen LogP contribution in [0.25, 0.3) is 0 Å². The fourth-order valence-electron chi connectivity index (χ4n) is 1.73. The molecule has 1 aliphatic heterocycles. The maximum absolute atomic E-state index is 5.75. The third kappa shape index (κ3) is 4.60. The molecule has 4 heteroatoms. The summed E-state index contributed by atoms with van der Waals surface area (Å²) in [5.41, 5.74) is 0. The number of hydrogen-bond donors (Lipinski definition) is 0. The second-order valence-electron chi connectivity index (χ2n) is 3.71. The van der Waals surface area contributed by atoms with E-state index in [1.165, 1.54) is 6.42 Å². The summed E-state index contributed by atoms with van der Waals surface area (Å²) in [6.45, 7) is 5.62. The van der Waals surface area contributed by atoms with Crippen LogP contribution in [-0.4, -0.2) is 57.3 Å². The normalized spacial score (nSPS) is 22.1. The topological polar surface area (TPSA) is 21.7 Å². The number of methoxy groups -OCH3 is 1. The highest BCUT2D eigenvalue weighted by Crippen LogP contribution is 2.13. The minimum absolute atomic E-state index is 0.690. The minimum Gasteiger partial charge on any atom is -0.383 e. The SMILES string of the molecule is COCCN(CCCl)CC1CCOC1. The molecule has 0 saturated carbocycles. The van der Waals surface area contributed by atoms with Gasteiger partial charge in [0.25, 0.3) is 0 Å². The zero-order valence-electron chi connectivity index (χ0n) is 8.88. The van der Waals surface area contributed by atoms with Crippen molar-refractivity contribution < 1.29 is 9.47 Å². The van der Waals surface area contributed by atoms with Crippen LogP contribution in [0.1, 0.15) is 6.42 Å². The van der Waals surface area contributed by atoms with Gasteiger partial charge in [-0.2, -0.15) is 0 Å². The number of rotatable bonds is 7. The first-order valence-corrected chi connectivity index (χ1v) is 5.75. The highest BCUT2D eigenvalue weighted by Gasteiger charge is 2.18. The van der Waals surface area contributed by atoms with Crippen LogP contribution in [0.15, 0.2) is 0 Å². The lowest BCUT2D eigenvalue weighted by Gasteiger charge is -2.23. The molecular formula is C10H20ClNO2. The summed E-state index contributed by atoms with van der Waals surface area (Å²) in [5.74, 6) is 1.38. The van der Waals surface area contributed by atoms with Crippen molar-refractivity contribution >= 4 is 11.6 Å². The molecule has 0 spiro atoms. The number of hydrogen-bond acceptors (Lipinski definition) is 3.